The van der Waals surface area contributed by atoms with E-state index in [1.807, 2.05) is 37.5 Å². The van der Waals surface area contributed by atoms with Gasteiger partial charge in [0.1, 0.15) is 0 Å². The molecule has 0 amide bonds. The van der Waals surface area contributed by atoms with Crippen molar-refractivity contribution < 1.29 is 0 Å². The van der Waals surface area contributed by atoms with E-state index in [0.717, 1.165) is 22.5 Å². The van der Waals surface area contributed by atoms with E-state index in [1.165, 1.54) is 11.1 Å². The van der Waals surface area contributed by atoms with E-state index in [2.05, 4.69) is 46.6 Å². The van der Waals surface area contributed by atoms with Gasteiger partial charge in [-0.3, -0.25) is 4.99 Å². The molecule has 3 aromatic rings. The van der Waals surface area contributed by atoms with Crippen LogP contribution in [0.4, 0.5) is 5.69 Å². The van der Waals surface area contributed by atoms with E-state index in [4.69, 9.17) is 0 Å². The predicted octanol–water partition coefficient (Wildman–Crippen LogP) is 3.94. The Morgan fingerprint density at radius 3 is 2.65 bits per heavy atom. The van der Waals surface area contributed by atoms with Crippen LogP contribution in [-0.4, -0.2) is 15.8 Å². The Morgan fingerprint density at radius 2 is 1.90 bits per heavy atom. The van der Waals surface area contributed by atoms with Crippen molar-refractivity contribution in [3.63, 3.8) is 0 Å². The summed E-state index contributed by atoms with van der Waals surface area (Å²) in [5.41, 5.74) is 5.54. The summed E-state index contributed by atoms with van der Waals surface area (Å²) in [5.74, 6) is 0.867. The topological polar surface area (TPSA) is 30.2 Å². The van der Waals surface area contributed by atoms with E-state index in [9.17, 15) is 0 Å². The number of aliphatic imine (C=N–C) groups is 1. The van der Waals surface area contributed by atoms with Gasteiger partial charge in [-0.15, -0.1) is 0 Å². The summed E-state index contributed by atoms with van der Waals surface area (Å²) >= 11 is 0. The van der Waals surface area contributed by atoms with Gasteiger partial charge in [-0.25, -0.2) is 4.98 Å². The number of aryl methyl sites for hydroxylation is 3. The van der Waals surface area contributed by atoms with Crippen molar-refractivity contribution in [1.29, 1.82) is 0 Å². The zero-order chi connectivity index (χ0) is 14.1. The number of aromatic nitrogens is 2. The first-order valence-electron chi connectivity index (χ1n) is 6.68. The molecule has 100 valence electrons. The van der Waals surface area contributed by atoms with Gasteiger partial charge in [0.15, 0.2) is 5.82 Å². The van der Waals surface area contributed by atoms with E-state index in [1.54, 1.807) is 0 Å². The Bertz CT molecular complexity index is 797. The number of rotatable bonds is 2. The first-order valence-corrected chi connectivity index (χ1v) is 6.68. The van der Waals surface area contributed by atoms with Crippen molar-refractivity contribution >= 4 is 22.9 Å². The first-order chi connectivity index (χ1) is 9.65. The minimum atomic E-state index is 0.867. The van der Waals surface area contributed by atoms with Crippen LogP contribution in [0.25, 0.3) is 11.0 Å². The number of hydrogen-bond donors (Lipinski definition) is 0. The highest BCUT2D eigenvalue weighted by atomic mass is 15.1. The average Bonchev–Trinajstić information content (AvgIpc) is 2.75. The largest absolute Gasteiger partial charge is 0.326 e. The third kappa shape index (κ3) is 2.23. The Balaban J connectivity index is 2.00. The molecule has 3 rings (SSSR count). The lowest BCUT2D eigenvalue weighted by Crippen LogP contribution is -1.95. The molecule has 20 heavy (non-hydrogen) atoms. The van der Waals surface area contributed by atoms with Crippen molar-refractivity contribution in [2.24, 2.45) is 12.0 Å². The molecule has 0 aliphatic carbocycles. The first kappa shape index (κ1) is 12.6. The molecule has 0 spiro atoms. The smallest absolute Gasteiger partial charge is 0.152 e. The van der Waals surface area contributed by atoms with Gasteiger partial charge in [-0.05, 0) is 37.6 Å². The number of hydrogen-bond acceptors (Lipinski definition) is 2. The van der Waals surface area contributed by atoms with Gasteiger partial charge >= 0.3 is 0 Å². The van der Waals surface area contributed by atoms with Crippen molar-refractivity contribution in [3.8, 4) is 0 Å². The Labute approximate surface area is 118 Å². The number of fused-ring (bicyclic) bond motifs is 1. The van der Waals surface area contributed by atoms with Crippen LogP contribution >= 0.6 is 0 Å². The molecular weight excluding hydrogens is 246 g/mol. The summed E-state index contributed by atoms with van der Waals surface area (Å²) in [6.07, 6.45) is 1.83. The van der Waals surface area contributed by atoms with Gasteiger partial charge in [-0.2, -0.15) is 0 Å². The average molecular weight is 263 g/mol. The number of imidazole rings is 1. The number of nitrogens with zero attached hydrogens (tertiary/aromatic N) is 3. The lowest BCUT2D eigenvalue weighted by atomic mass is 10.1. The summed E-state index contributed by atoms with van der Waals surface area (Å²) < 4.78 is 2.06. The van der Waals surface area contributed by atoms with Gasteiger partial charge in [0.25, 0.3) is 0 Å². The maximum atomic E-state index is 4.59. The quantitative estimate of drug-likeness (QED) is 0.644. The molecule has 0 radical (unpaired) electrons. The van der Waals surface area contributed by atoms with Gasteiger partial charge < -0.3 is 4.57 Å². The SMILES string of the molecule is Cc1ccc(N=Cc2nc3ccccc3n2C)c(C)c1. The van der Waals surface area contributed by atoms with Crippen LogP contribution in [-0.2, 0) is 7.05 Å². The molecule has 0 unspecified atom stereocenters. The van der Waals surface area contributed by atoms with E-state index < -0.39 is 0 Å². The predicted molar refractivity (Wildman–Crippen MR) is 83.9 cm³/mol. The lowest BCUT2D eigenvalue weighted by Gasteiger charge is -2.01. The molecule has 0 saturated carbocycles. The lowest BCUT2D eigenvalue weighted by molar-refractivity contribution is 0.934. The molecule has 1 aromatic heterocycles. The molecule has 0 N–H and O–H groups in total. The van der Waals surface area contributed by atoms with Crippen LogP contribution in [0.5, 0.6) is 0 Å². The van der Waals surface area contributed by atoms with Gasteiger partial charge in [-0.1, -0.05) is 29.8 Å². The van der Waals surface area contributed by atoms with Crippen LogP contribution in [0.15, 0.2) is 47.5 Å². The number of benzene rings is 2. The minimum absolute atomic E-state index is 0.867. The second-order valence-corrected chi connectivity index (χ2v) is 5.07. The highest BCUT2D eigenvalue weighted by molar-refractivity contribution is 5.86. The van der Waals surface area contributed by atoms with Crippen molar-refractivity contribution in [3.05, 3.63) is 59.4 Å². The van der Waals surface area contributed by atoms with Crippen molar-refractivity contribution in [1.82, 2.24) is 9.55 Å². The second kappa shape index (κ2) is 4.93. The molecule has 0 atom stereocenters. The van der Waals surface area contributed by atoms with E-state index in [0.29, 0.717) is 0 Å². The third-order valence-corrected chi connectivity index (χ3v) is 3.49. The van der Waals surface area contributed by atoms with Crippen LogP contribution in [0.2, 0.25) is 0 Å². The van der Waals surface area contributed by atoms with Gasteiger partial charge in [0.05, 0.1) is 22.9 Å². The molecule has 0 fully saturated rings. The zero-order valence-electron chi connectivity index (χ0n) is 12.0. The van der Waals surface area contributed by atoms with Crippen LogP contribution in [0.3, 0.4) is 0 Å². The summed E-state index contributed by atoms with van der Waals surface area (Å²) in [5, 5.41) is 0. The normalized spacial score (nSPS) is 11.6. The summed E-state index contributed by atoms with van der Waals surface area (Å²) in [4.78, 5) is 9.15. The van der Waals surface area contributed by atoms with E-state index >= 15 is 0 Å². The molecule has 2 aromatic carbocycles. The molecule has 3 heteroatoms. The van der Waals surface area contributed by atoms with Gasteiger partial charge in [0, 0.05) is 7.05 Å². The van der Waals surface area contributed by atoms with E-state index in [-0.39, 0.29) is 0 Å². The molecule has 0 bridgehead atoms. The monoisotopic (exact) mass is 263 g/mol. The van der Waals surface area contributed by atoms with Gasteiger partial charge in [0.2, 0.25) is 0 Å². The summed E-state index contributed by atoms with van der Waals surface area (Å²) in [6, 6.07) is 14.4. The Hall–Kier alpha value is -2.42. The third-order valence-electron chi connectivity index (χ3n) is 3.49. The maximum Gasteiger partial charge on any atom is 0.152 e. The van der Waals surface area contributed by atoms with Crippen molar-refractivity contribution in [2.45, 2.75) is 13.8 Å². The standard InChI is InChI=1S/C17H17N3/c1-12-8-9-14(13(2)10-12)18-11-17-19-15-6-4-5-7-16(15)20(17)3/h4-11H,1-3H3. The second-order valence-electron chi connectivity index (χ2n) is 5.07. The summed E-state index contributed by atoms with van der Waals surface area (Å²) in [6.45, 7) is 4.17. The minimum Gasteiger partial charge on any atom is -0.326 e. The Morgan fingerprint density at radius 1 is 1.10 bits per heavy atom. The highest BCUT2D eigenvalue weighted by Crippen LogP contribution is 2.20. The molecular formula is C17H17N3. The fraction of sp³-hybridized carbons (Fsp3) is 0.176. The van der Waals surface area contributed by atoms with Crippen LogP contribution in [0, 0.1) is 13.8 Å². The maximum absolute atomic E-state index is 4.59. The zero-order valence-corrected chi connectivity index (χ0v) is 12.0. The fourth-order valence-electron chi connectivity index (χ4n) is 2.36. The van der Waals surface area contributed by atoms with Crippen molar-refractivity contribution in [2.75, 3.05) is 0 Å². The fourth-order valence-corrected chi connectivity index (χ4v) is 2.36. The molecule has 1 heterocycles. The highest BCUT2D eigenvalue weighted by Gasteiger charge is 2.04. The summed E-state index contributed by atoms with van der Waals surface area (Å²) in [7, 11) is 2.01. The molecule has 0 aliphatic rings. The van der Waals surface area contributed by atoms with Crippen LogP contribution < -0.4 is 0 Å². The molecule has 0 saturated heterocycles. The number of para-hydroxylation sites is 2. The molecule has 3 nitrogen and oxygen atoms in total. The molecule has 0 aliphatic heterocycles. The Kier molecular flexibility index (Phi) is 3.11. The van der Waals surface area contributed by atoms with Crippen LogP contribution in [0.1, 0.15) is 17.0 Å².